The molecular weight excluding hydrogens is 439 g/mol. The molecule has 4 rings (SSSR count). The summed E-state index contributed by atoms with van der Waals surface area (Å²) in [6.07, 6.45) is 1.36. The number of rotatable bonds is 6. The Balaban J connectivity index is 1.71. The Morgan fingerprint density at radius 3 is 2.55 bits per heavy atom. The van der Waals surface area contributed by atoms with Crippen molar-refractivity contribution in [3.8, 4) is 23.1 Å². The van der Waals surface area contributed by atoms with Gasteiger partial charge in [0.2, 0.25) is 5.88 Å². The van der Waals surface area contributed by atoms with E-state index in [4.69, 9.17) is 14.2 Å². The van der Waals surface area contributed by atoms with Crippen LogP contribution in [-0.2, 0) is 6.61 Å². The van der Waals surface area contributed by atoms with E-state index in [9.17, 15) is 4.39 Å². The zero-order valence-electron chi connectivity index (χ0n) is 15.4. The lowest BCUT2D eigenvalue weighted by Crippen LogP contribution is -1.99. The van der Waals surface area contributed by atoms with Gasteiger partial charge in [-0.1, -0.05) is 36.4 Å². The molecule has 0 saturated carbocycles. The number of ether oxygens (including phenoxy) is 3. The standard InChI is InChI=1S/C22H16BrFN2O3/c1-27-19-11-17-15(10-20(19)28-12-14-6-3-2-4-7-14)22(26-13-25-17)29-18-9-5-8-16(23)21(18)24/h2-11,13H,12H2,1H3. The van der Waals surface area contributed by atoms with Gasteiger partial charge in [-0.15, -0.1) is 0 Å². The van der Waals surface area contributed by atoms with E-state index >= 15 is 0 Å². The summed E-state index contributed by atoms with van der Waals surface area (Å²) >= 11 is 3.16. The number of nitrogens with zero attached hydrogens (tertiary/aromatic N) is 2. The molecule has 0 bridgehead atoms. The van der Waals surface area contributed by atoms with Crippen LogP contribution in [0.15, 0.2) is 71.5 Å². The van der Waals surface area contributed by atoms with Crippen LogP contribution in [-0.4, -0.2) is 17.1 Å². The average molecular weight is 455 g/mol. The molecule has 0 unspecified atom stereocenters. The van der Waals surface area contributed by atoms with Crippen LogP contribution >= 0.6 is 15.9 Å². The van der Waals surface area contributed by atoms with Crippen molar-refractivity contribution in [3.63, 3.8) is 0 Å². The molecule has 29 heavy (non-hydrogen) atoms. The van der Waals surface area contributed by atoms with Crippen LogP contribution in [0.3, 0.4) is 0 Å². The predicted molar refractivity (Wildman–Crippen MR) is 111 cm³/mol. The Hall–Kier alpha value is -3.19. The van der Waals surface area contributed by atoms with Crippen LogP contribution in [0.5, 0.6) is 23.1 Å². The molecule has 0 N–H and O–H groups in total. The van der Waals surface area contributed by atoms with E-state index in [2.05, 4.69) is 25.9 Å². The van der Waals surface area contributed by atoms with Gasteiger partial charge in [0.25, 0.3) is 0 Å². The fraction of sp³-hybridized carbons (Fsp3) is 0.0909. The highest BCUT2D eigenvalue weighted by Crippen LogP contribution is 2.37. The molecule has 3 aromatic carbocycles. The molecule has 0 amide bonds. The van der Waals surface area contributed by atoms with Crippen molar-refractivity contribution in [2.75, 3.05) is 7.11 Å². The van der Waals surface area contributed by atoms with Gasteiger partial charge in [-0.2, -0.15) is 0 Å². The number of methoxy groups -OCH3 is 1. The number of halogens is 2. The van der Waals surface area contributed by atoms with Crippen LogP contribution in [0, 0.1) is 5.82 Å². The minimum absolute atomic E-state index is 0.0574. The second-order valence-corrected chi connectivity index (χ2v) is 6.98. The van der Waals surface area contributed by atoms with Gasteiger partial charge in [0, 0.05) is 6.07 Å². The molecule has 146 valence electrons. The third kappa shape index (κ3) is 4.14. The highest BCUT2D eigenvalue weighted by Gasteiger charge is 2.15. The van der Waals surface area contributed by atoms with Crippen molar-refractivity contribution >= 4 is 26.8 Å². The highest BCUT2D eigenvalue weighted by molar-refractivity contribution is 9.10. The summed E-state index contributed by atoms with van der Waals surface area (Å²) in [5.74, 6) is 0.819. The molecule has 0 radical (unpaired) electrons. The molecule has 0 saturated heterocycles. The quantitative estimate of drug-likeness (QED) is 0.362. The van der Waals surface area contributed by atoms with Gasteiger partial charge in [-0.3, -0.25) is 0 Å². The van der Waals surface area contributed by atoms with E-state index < -0.39 is 5.82 Å². The van der Waals surface area contributed by atoms with Gasteiger partial charge in [0.05, 0.1) is 22.5 Å². The predicted octanol–water partition coefficient (Wildman–Crippen LogP) is 5.91. The molecule has 4 aromatic rings. The molecule has 0 fully saturated rings. The molecule has 0 aliphatic carbocycles. The zero-order valence-corrected chi connectivity index (χ0v) is 17.0. The Labute approximate surface area is 175 Å². The van der Waals surface area contributed by atoms with Gasteiger partial charge in [0.15, 0.2) is 23.1 Å². The third-order valence-electron chi connectivity index (χ3n) is 4.24. The highest BCUT2D eigenvalue weighted by atomic mass is 79.9. The van der Waals surface area contributed by atoms with Crippen molar-refractivity contribution in [2.24, 2.45) is 0 Å². The Morgan fingerprint density at radius 2 is 1.76 bits per heavy atom. The number of aromatic nitrogens is 2. The summed E-state index contributed by atoms with van der Waals surface area (Å²) in [6.45, 7) is 0.368. The lowest BCUT2D eigenvalue weighted by atomic mass is 10.2. The Morgan fingerprint density at radius 1 is 0.931 bits per heavy atom. The first-order valence-corrected chi connectivity index (χ1v) is 9.56. The Kier molecular flexibility index (Phi) is 5.57. The van der Waals surface area contributed by atoms with E-state index in [1.165, 1.54) is 12.4 Å². The maximum atomic E-state index is 14.3. The molecule has 0 aliphatic rings. The van der Waals surface area contributed by atoms with Crippen LogP contribution in [0.2, 0.25) is 0 Å². The Bertz CT molecular complexity index is 1160. The largest absolute Gasteiger partial charge is 0.493 e. The summed E-state index contributed by atoms with van der Waals surface area (Å²) in [5.41, 5.74) is 1.61. The molecule has 5 nitrogen and oxygen atoms in total. The van der Waals surface area contributed by atoms with Crippen molar-refractivity contribution in [1.29, 1.82) is 0 Å². The van der Waals surface area contributed by atoms with Crippen molar-refractivity contribution < 1.29 is 18.6 Å². The fourth-order valence-corrected chi connectivity index (χ4v) is 3.14. The van der Waals surface area contributed by atoms with Crippen LogP contribution in [0.25, 0.3) is 10.9 Å². The van der Waals surface area contributed by atoms with Gasteiger partial charge in [0.1, 0.15) is 12.9 Å². The smallest absolute Gasteiger partial charge is 0.230 e. The summed E-state index contributed by atoms with van der Waals surface area (Å²) in [5, 5.41) is 0.579. The summed E-state index contributed by atoms with van der Waals surface area (Å²) in [4.78, 5) is 8.44. The van der Waals surface area contributed by atoms with Gasteiger partial charge in [-0.25, -0.2) is 14.4 Å². The first-order valence-electron chi connectivity index (χ1n) is 8.77. The van der Waals surface area contributed by atoms with Crippen molar-refractivity contribution in [3.05, 3.63) is 82.8 Å². The van der Waals surface area contributed by atoms with Gasteiger partial charge in [-0.05, 0) is 39.7 Å². The molecule has 0 spiro atoms. The second kappa shape index (κ2) is 8.45. The number of hydrogen-bond donors (Lipinski definition) is 0. The first kappa shape index (κ1) is 19.1. The maximum Gasteiger partial charge on any atom is 0.230 e. The number of benzene rings is 3. The van der Waals surface area contributed by atoms with E-state index in [1.807, 2.05) is 30.3 Å². The second-order valence-electron chi connectivity index (χ2n) is 6.13. The molecule has 1 aromatic heterocycles. The van der Waals surface area contributed by atoms with E-state index in [0.29, 0.717) is 33.5 Å². The van der Waals surface area contributed by atoms with Gasteiger partial charge >= 0.3 is 0 Å². The lowest BCUT2D eigenvalue weighted by molar-refractivity contribution is 0.285. The van der Waals surface area contributed by atoms with Crippen molar-refractivity contribution in [1.82, 2.24) is 9.97 Å². The third-order valence-corrected chi connectivity index (χ3v) is 4.86. The molecule has 1 heterocycles. The van der Waals surface area contributed by atoms with Gasteiger partial charge < -0.3 is 14.2 Å². The monoisotopic (exact) mass is 454 g/mol. The molecule has 0 atom stereocenters. The van der Waals surface area contributed by atoms with E-state index in [1.54, 1.807) is 31.4 Å². The first-order chi connectivity index (χ1) is 14.2. The van der Waals surface area contributed by atoms with Crippen LogP contribution in [0.1, 0.15) is 5.56 Å². The molecule has 0 aliphatic heterocycles. The zero-order chi connectivity index (χ0) is 20.2. The SMILES string of the molecule is COc1cc2ncnc(Oc3cccc(Br)c3F)c2cc1OCc1ccccc1. The molecular formula is C22H16BrFN2O3. The van der Waals surface area contributed by atoms with E-state index in [0.717, 1.165) is 5.56 Å². The summed E-state index contributed by atoms with van der Waals surface area (Å²) in [7, 11) is 1.56. The number of hydrogen-bond acceptors (Lipinski definition) is 5. The fourth-order valence-electron chi connectivity index (χ4n) is 2.80. The number of fused-ring (bicyclic) bond motifs is 1. The minimum atomic E-state index is -0.506. The van der Waals surface area contributed by atoms with Crippen LogP contribution < -0.4 is 14.2 Å². The molecule has 7 heteroatoms. The summed E-state index contributed by atoms with van der Waals surface area (Å²) in [6, 6.07) is 18.1. The average Bonchev–Trinajstić information content (AvgIpc) is 2.76. The summed E-state index contributed by atoms with van der Waals surface area (Å²) < 4.78 is 31.8. The van der Waals surface area contributed by atoms with E-state index in [-0.39, 0.29) is 11.6 Å². The topological polar surface area (TPSA) is 53.5 Å². The van der Waals surface area contributed by atoms with Crippen LogP contribution in [0.4, 0.5) is 4.39 Å². The van der Waals surface area contributed by atoms with Crippen molar-refractivity contribution in [2.45, 2.75) is 6.61 Å². The lowest BCUT2D eigenvalue weighted by Gasteiger charge is -2.14. The normalized spacial score (nSPS) is 10.7. The maximum absolute atomic E-state index is 14.3. The minimum Gasteiger partial charge on any atom is -0.493 e.